The topological polar surface area (TPSA) is 55.8 Å². The maximum absolute atomic E-state index is 12.4. The summed E-state index contributed by atoms with van der Waals surface area (Å²) in [7, 11) is 3.10. The molecule has 140 valence electrons. The molecule has 0 aromatic heterocycles. The zero-order valence-electron chi connectivity index (χ0n) is 14.8. The van der Waals surface area contributed by atoms with Crippen LogP contribution in [0.4, 0.5) is 13.2 Å². The van der Waals surface area contributed by atoms with Crippen LogP contribution in [-0.4, -0.2) is 42.8 Å². The van der Waals surface area contributed by atoms with Crippen molar-refractivity contribution in [1.29, 1.82) is 0 Å². The van der Waals surface area contributed by atoms with E-state index < -0.39 is 29.6 Å². The molecule has 0 spiro atoms. The molecular weight excluding hydrogens is 339 g/mol. The van der Waals surface area contributed by atoms with Crippen molar-refractivity contribution in [1.82, 2.24) is 4.90 Å². The standard InChI is InChI=1S/C17H22F3NO4/c1-16(2,3)25-15(23)13(10-14(22)21(4)5)11-6-8-12(9-7-11)24-17(18,19)20/h6-9,13H,10H2,1-5H3. The van der Waals surface area contributed by atoms with Crippen LogP contribution in [0.3, 0.4) is 0 Å². The van der Waals surface area contributed by atoms with Crippen LogP contribution < -0.4 is 4.74 Å². The lowest BCUT2D eigenvalue weighted by Crippen LogP contribution is -2.31. The normalized spacial score (nSPS) is 13.1. The van der Waals surface area contributed by atoms with Crippen LogP contribution in [0.1, 0.15) is 38.7 Å². The van der Waals surface area contributed by atoms with Gasteiger partial charge in [0, 0.05) is 20.5 Å². The third-order valence-corrected chi connectivity index (χ3v) is 3.08. The lowest BCUT2D eigenvalue weighted by molar-refractivity contribution is -0.274. The summed E-state index contributed by atoms with van der Waals surface area (Å²) in [6, 6.07) is 4.83. The van der Waals surface area contributed by atoms with Crippen LogP contribution >= 0.6 is 0 Å². The van der Waals surface area contributed by atoms with E-state index in [1.807, 2.05) is 0 Å². The van der Waals surface area contributed by atoms with E-state index in [-0.39, 0.29) is 12.3 Å². The largest absolute Gasteiger partial charge is 0.573 e. The summed E-state index contributed by atoms with van der Waals surface area (Å²) in [4.78, 5) is 25.8. The summed E-state index contributed by atoms with van der Waals surface area (Å²) >= 11 is 0. The quantitative estimate of drug-likeness (QED) is 0.754. The van der Waals surface area contributed by atoms with Crippen LogP contribution in [-0.2, 0) is 14.3 Å². The number of hydrogen-bond donors (Lipinski definition) is 0. The summed E-state index contributed by atoms with van der Waals surface area (Å²) < 4.78 is 45.8. The SMILES string of the molecule is CN(C)C(=O)CC(C(=O)OC(C)(C)C)c1ccc(OC(F)(F)F)cc1. The van der Waals surface area contributed by atoms with E-state index in [0.717, 1.165) is 12.1 Å². The fourth-order valence-electron chi connectivity index (χ4n) is 1.97. The van der Waals surface area contributed by atoms with E-state index in [1.54, 1.807) is 34.9 Å². The Bertz CT molecular complexity index is 604. The van der Waals surface area contributed by atoms with E-state index >= 15 is 0 Å². The van der Waals surface area contributed by atoms with E-state index in [9.17, 15) is 22.8 Å². The van der Waals surface area contributed by atoms with E-state index in [1.165, 1.54) is 17.0 Å². The van der Waals surface area contributed by atoms with Gasteiger partial charge in [-0.3, -0.25) is 9.59 Å². The van der Waals surface area contributed by atoms with Gasteiger partial charge >= 0.3 is 12.3 Å². The first-order chi connectivity index (χ1) is 11.3. The predicted molar refractivity (Wildman–Crippen MR) is 85.0 cm³/mol. The Morgan fingerprint density at radius 2 is 1.60 bits per heavy atom. The average Bonchev–Trinajstić information content (AvgIpc) is 2.41. The zero-order chi connectivity index (χ0) is 19.4. The molecule has 5 nitrogen and oxygen atoms in total. The molecule has 0 saturated carbocycles. The van der Waals surface area contributed by atoms with Crippen molar-refractivity contribution in [2.24, 2.45) is 0 Å². The Labute approximate surface area is 144 Å². The first-order valence-corrected chi connectivity index (χ1v) is 7.57. The molecular formula is C17H22F3NO4. The van der Waals surface area contributed by atoms with Crippen molar-refractivity contribution >= 4 is 11.9 Å². The van der Waals surface area contributed by atoms with Crippen LogP contribution in [0.2, 0.25) is 0 Å². The van der Waals surface area contributed by atoms with Crippen LogP contribution in [0, 0.1) is 0 Å². The van der Waals surface area contributed by atoms with Crippen molar-refractivity contribution in [3.8, 4) is 5.75 Å². The Hall–Kier alpha value is -2.25. The number of carbonyl (C=O) groups excluding carboxylic acids is 2. The molecule has 0 heterocycles. The van der Waals surface area contributed by atoms with Gasteiger partial charge in [0.15, 0.2) is 0 Å². The lowest BCUT2D eigenvalue weighted by Gasteiger charge is -2.25. The van der Waals surface area contributed by atoms with Crippen LogP contribution in [0.25, 0.3) is 0 Å². The molecule has 1 aromatic carbocycles. The first kappa shape index (κ1) is 20.8. The predicted octanol–water partition coefficient (Wildman–Crippen LogP) is 3.49. The lowest BCUT2D eigenvalue weighted by atomic mass is 9.94. The monoisotopic (exact) mass is 361 g/mol. The average molecular weight is 361 g/mol. The number of amides is 1. The molecule has 1 rings (SSSR count). The highest BCUT2D eigenvalue weighted by Crippen LogP contribution is 2.28. The van der Waals surface area contributed by atoms with Crippen molar-refractivity contribution in [2.45, 2.75) is 45.1 Å². The Balaban J connectivity index is 3.06. The summed E-state index contributed by atoms with van der Waals surface area (Å²) in [6.07, 6.45) is -4.95. The van der Waals surface area contributed by atoms with Gasteiger partial charge in [0.25, 0.3) is 0 Å². The number of rotatable bonds is 5. The maximum Gasteiger partial charge on any atom is 0.573 e. The summed E-state index contributed by atoms with van der Waals surface area (Å²) in [5, 5.41) is 0. The third-order valence-electron chi connectivity index (χ3n) is 3.08. The minimum Gasteiger partial charge on any atom is -0.459 e. The number of nitrogens with zero attached hydrogens (tertiary/aromatic N) is 1. The summed E-state index contributed by atoms with van der Waals surface area (Å²) in [5.41, 5.74) is -0.380. The summed E-state index contributed by atoms with van der Waals surface area (Å²) in [5.74, 6) is -2.24. The second-order valence-electron chi connectivity index (χ2n) is 6.70. The van der Waals surface area contributed by atoms with Gasteiger partial charge < -0.3 is 14.4 Å². The van der Waals surface area contributed by atoms with Crippen LogP contribution in [0.5, 0.6) is 5.75 Å². The molecule has 0 saturated heterocycles. The van der Waals surface area contributed by atoms with Gasteiger partial charge in [0.05, 0.1) is 5.92 Å². The molecule has 0 aliphatic rings. The smallest absolute Gasteiger partial charge is 0.459 e. The minimum absolute atomic E-state index is 0.151. The molecule has 0 aliphatic carbocycles. The molecule has 25 heavy (non-hydrogen) atoms. The molecule has 1 amide bonds. The minimum atomic E-state index is -4.80. The van der Waals surface area contributed by atoms with Crippen molar-refractivity contribution in [2.75, 3.05) is 14.1 Å². The van der Waals surface area contributed by atoms with Gasteiger partial charge in [-0.05, 0) is 38.5 Å². The molecule has 0 fully saturated rings. The highest BCUT2D eigenvalue weighted by atomic mass is 19.4. The molecule has 1 aromatic rings. The molecule has 0 N–H and O–H groups in total. The van der Waals surface area contributed by atoms with Gasteiger partial charge in [-0.1, -0.05) is 12.1 Å². The Kier molecular flexibility index (Phi) is 6.45. The number of halogens is 3. The maximum atomic E-state index is 12.4. The number of benzene rings is 1. The van der Waals surface area contributed by atoms with Gasteiger partial charge in [-0.2, -0.15) is 0 Å². The Morgan fingerprint density at radius 1 is 1.08 bits per heavy atom. The number of ether oxygens (including phenoxy) is 2. The van der Waals surface area contributed by atoms with Gasteiger partial charge in [0.2, 0.25) is 5.91 Å². The number of hydrogen-bond acceptors (Lipinski definition) is 4. The van der Waals surface area contributed by atoms with Gasteiger partial charge in [-0.15, -0.1) is 13.2 Å². The van der Waals surface area contributed by atoms with Crippen molar-refractivity contribution in [3.63, 3.8) is 0 Å². The first-order valence-electron chi connectivity index (χ1n) is 7.57. The van der Waals surface area contributed by atoms with Crippen LogP contribution in [0.15, 0.2) is 24.3 Å². The van der Waals surface area contributed by atoms with Gasteiger partial charge in [-0.25, -0.2) is 0 Å². The van der Waals surface area contributed by atoms with Gasteiger partial charge in [0.1, 0.15) is 11.4 Å². The highest BCUT2D eigenvalue weighted by Gasteiger charge is 2.32. The van der Waals surface area contributed by atoms with E-state index in [2.05, 4.69) is 4.74 Å². The summed E-state index contributed by atoms with van der Waals surface area (Å²) in [6.45, 7) is 5.07. The number of alkyl halides is 3. The zero-order valence-corrected chi connectivity index (χ0v) is 14.8. The van der Waals surface area contributed by atoms with Crippen molar-refractivity contribution in [3.05, 3.63) is 29.8 Å². The number of carbonyl (C=O) groups is 2. The molecule has 0 aliphatic heterocycles. The van der Waals surface area contributed by atoms with Crippen molar-refractivity contribution < 1.29 is 32.2 Å². The molecule has 0 bridgehead atoms. The molecule has 1 atom stereocenters. The fraction of sp³-hybridized carbons (Fsp3) is 0.529. The van der Waals surface area contributed by atoms with E-state index in [4.69, 9.17) is 4.74 Å². The highest BCUT2D eigenvalue weighted by molar-refractivity contribution is 5.86. The third kappa shape index (κ3) is 7.45. The number of esters is 1. The fourth-order valence-corrected chi connectivity index (χ4v) is 1.97. The second kappa shape index (κ2) is 7.76. The molecule has 1 unspecified atom stereocenters. The molecule has 0 radical (unpaired) electrons. The van der Waals surface area contributed by atoms with E-state index in [0.29, 0.717) is 5.56 Å². The molecule has 8 heteroatoms. The second-order valence-corrected chi connectivity index (χ2v) is 6.70. The Morgan fingerprint density at radius 3 is 2.00 bits per heavy atom.